The minimum Gasteiger partial charge on any atom is -0.378 e. The zero-order valence-electron chi connectivity index (χ0n) is 41.2. The summed E-state index contributed by atoms with van der Waals surface area (Å²) >= 11 is 1.81. The van der Waals surface area contributed by atoms with Crippen molar-refractivity contribution >= 4 is 39.8 Å². The van der Waals surface area contributed by atoms with E-state index in [1.54, 1.807) is 28.0 Å². The Morgan fingerprint density at radius 1 is 0.847 bits per heavy atom. The van der Waals surface area contributed by atoms with Gasteiger partial charge in [0.1, 0.15) is 22.5 Å². The first-order valence-electron chi connectivity index (χ1n) is 25.8. The van der Waals surface area contributed by atoms with E-state index < -0.39 is 11.7 Å². The highest BCUT2D eigenvalue weighted by molar-refractivity contribution is 7.11. The van der Waals surface area contributed by atoms with Gasteiger partial charge in [-0.15, -0.1) is 21.5 Å². The number of aromatic nitrogens is 6. The summed E-state index contributed by atoms with van der Waals surface area (Å²) in [6.07, 6.45) is 9.86. The fraction of sp³-hybridized carbons (Fsp3) is 0.577. The number of amides is 3. The zero-order chi connectivity index (χ0) is 49.7. The van der Waals surface area contributed by atoms with E-state index in [4.69, 9.17) is 24.3 Å². The van der Waals surface area contributed by atoms with Crippen LogP contribution in [0.15, 0.2) is 47.3 Å². The molecule has 5 fully saturated rings. The van der Waals surface area contributed by atoms with E-state index in [2.05, 4.69) is 42.3 Å². The Balaban J connectivity index is 0.543. The van der Waals surface area contributed by atoms with Gasteiger partial charge in [-0.2, -0.15) is 5.10 Å². The number of H-pyrrole nitrogens is 1. The molecule has 3 aliphatic carbocycles. The molecular formula is C52H66FN11O7S. The largest absolute Gasteiger partial charge is 0.378 e. The molecule has 3 aliphatic heterocycles. The van der Waals surface area contributed by atoms with E-state index in [0.717, 1.165) is 74.8 Å². The molecule has 2 bridgehead atoms. The molecule has 0 spiro atoms. The van der Waals surface area contributed by atoms with Gasteiger partial charge in [-0.25, -0.2) is 14.5 Å². The minimum absolute atomic E-state index is 0.0356. The predicted molar refractivity (Wildman–Crippen MR) is 267 cm³/mol. The Morgan fingerprint density at radius 3 is 2.38 bits per heavy atom. The third-order valence-electron chi connectivity index (χ3n) is 15.3. The number of likely N-dealkylation sites (tertiary alicyclic amines) is 1. The Labute approximate surface area is 422 Å². The number of aryl methyl sites for hydroxylation is 2. The van der Waals surface area contributed by atoms with Gasteiger partial charge in [-0.1, -0.05) is 30.7 Å². The van der Waals surface area contributed by atoms with Crippen molar-refractivity contribution < 1.29 is 33.0 Å². The molecule has 1 atom stereocenters. The highest BCUT2D eigenvalue weighted by Gasteiger charge is 2.73. The lowest BCUT2D eigenvalue weighted by Gasteiger charge is -2.68. The molecule has 1 unspecified atom stereocenters. The van der Waals surface area contributed by atoms with E-state index in [-0.39, 0.29) is 53.4 Å². The summed E-state index contributed by atoms with van der Waals surface area (Å²) in [6.45, 7) is 9.93. The number of hydrogen-bond donors (Lipinski definition) is 3. The molecule has 2 saturated heterocycles. The Morgan fingerprint density at radius 2 is 1.58 bits per heavy atom. The van der Waals surface area contributed by atoms with E-state index in [1.807, 2.05) is 23.5 Å². The number of carbonyl (C=O) groups is 3. The molecule has 5 aromatic rings. The lowest BCUT2D eigenvalue weighted by atomic mass is 9.34. The maximum absolute atomic E-state index is 15.0. The van der Waals surface area contributed by atoms with Gasteiger partial charge in [0.2, 0.25) is 11.8 Å². The number of aromatic amines is 1. The van der Waals surface area contributed by atoms with Gasteiger partial charge in [-0.05, 0) is 82.2 Å². The highest BCUT2D eigenvalue weighted by atomic mass is 32.1. The summed E-state index contributed by atoms with van der Waals surface area (Å²) < 4.78 is 34.3. The van der Waals surface area contributed by atoms with E-state index in [1.165, 1.54) is 42.0 Å². The fourth-order valence-electron chi connectivity index (χ4n) is 11.6. The van der Waals surface area contributed by atoms with Gasteiger partial charge < -0.3 is 39.2 Å². The van der Waals surface area contributed by atoms with Crippen molar-refractivity contribution in [3.05, 3.63) is 103 Å². The van der Waals surface area contributed by atoms with E-state index in [9.17, 15) is 23.6 Å². The number of carbonyl (C=O) groups excluding carboxylic acids is 3. The van der Waals surface area contributed by atoms with Crippen LogP contribution in [0.3, 0.4) is 0 Å². The normalized spacial score (nSPS) is 21.8. The van der Waals surface area contributed by atoms with E-state index in [0.29, 0.717) is 100 Å². The van der Waals surface area contributed by atoms with Crippen LogP contribution in [0.1, 0.15) is 106 Å². The van der Waals surface area contributed by atoms with Crippen LogP contribution in [0.4, 0.5) is 4.39 Å². The lowest BCUT2D eigenvalue weighted by molar-refractivity contribution is -0.177. The van der Waals surface area contributed by atoms with Crippen molar-refractivity contribution in [2.24, 2.45) is 5.41 Å². The number of fused-ring (bicyclic) bond motifs is 2. The molecule has 18 nitrogen and oxygen atoms in total. The maximum Gasteiger partial charge on any atom is 0.272 e. The van der Waals surface area contributed by atoms with Crippen LogP contribution in [-0.4, -0.2) is 154 Å². The Bertz CT molecular complexity index is 2790. The van der Waals surface area contributed by atoms with Crippen molar-refractivity contribution in [2.75, 3.05) is 92.0 Å². The van der Waals surface area contributed by atoms with Crippen LogP contribution in [-0.2, 0) is 55.1 Å². The topological polar surface area (TPSA) is 202 Å². The monoisotopic (exact) mass is 1010 g/mol. The molecular weight excluding hydrogens is 942 g/mol. The van der Waals surface area contributed by atoms with Gasteiger partial charge >= 0.3 is 0 Å². The van der Waals surface area contributed by atoms with Crippen LogP contribution >= 0.6 is 11.3 Å². The summed E-state index contributed by atoms with van der Waals surface area (Å²) in [6, 6.07) is 11.9. The molecule has 384 valence electrons. The molecule has 72 heavy (non-hydrogen) atoms. The van der Waals surface area contributed by atoms with Crippen LogP contribution in [0.2, 0.25) is 0 Å². The number of benzene rings is 2. The highest BCUT2D eigenvalue weighted by Crippen LogP contribution is 2.74. The van der Waals surface area contributed by atoms with Crippen molar-refractivity contribution in [3.8, 4) is 0 Å². The van der Waals surface area contributed by atoms with Crippen molar-refractivity contribution in [1.29, 1.82) is 0 Å². The van der Waals surface area contributed by atoms with Crippen molar-refractivity contribution in [2.45, 2.75) is 95.7 Å². The number of nitrogens with zero attached hydrogens (tertiary/aromatic N) is 8. The summed E-state index contributed by atoms with van der Waals surface area (Å²) in [5.41, 5.74) is 1.94. The smallest absolute Gasteiger partial charge is 0.272 e. The number of ether oxygens (including phenoxy) is 3. The molecule has 3 aromatic heterocycles. The molecule has 2 aromatic carbocycles. The second-order valence-electron chi connectivity index (χ2n) is 20.1. The van der Waals surface area contributed by atoms with Gasteiger partial charge in [0.25, 0.3) is 11.5 Å². The van der Waals surface area contributed by atoms with Gasteiger partial charge in [0.15, 0.2) is 0 Å². The average Bonchev–Trinajstić information content (AvgIpc) is 4.04. The van der Waals surface area contributed by atoms with Crippen LogP contribution in [0, 0.1) is 18.2 Å². The molecule has 6 heterocycles. The van der Waals surface area contributed by atoms with Gasteiger partial charge in [0, 0.05) is 74.3 Å². The van der Waals surface area contributed by atoms with Crippen LogP contribution in [0.5, 0.6) is 0 Å². The third kappa shape index (κ3) is 10.8. The number of thiazole rings is 1. The molecule has 11 rings (SSSR count). The van der Waals surface area contributed by atoms with E-state index >= 15 is 0 Å². The first kappa shape index (κ1) is 50.0. The molecule has 3 saturated carbocycles. The second kappa shape index (κ2) is 22.3. The predicted octanol–water partition coefficient (Wildman–Crippen LogP) is 4.23. The standard InChI is InChI=1S/C52H66FN11O7S/c1-35-46(56-44(72-35)31-63-16-7-10-42(63)47-59-58-43-11-3-2-6-17-64(43)47)51-32-52(33-51,34-51)50(68)55-15-23-70-25-27-71-26-24-69-22-14-54-30-45(65)61-18-20-62(21-19-61)49(67)39-28-36(12-13-40(39)53)29-41-37-8-4-5-9-38(37)48(66)60-57-41/h4-5,8-9,12-13,28,42,54H,2-3,6-7,10-11,14-27,29-34H2,1H3,(H,55,68)(H,60,66). The van der Waals surface area contributed by atoms with Gasteiger partial charge in [-0.3, -0.25) is 24.1 Å². The number of halogens is 1. The average molecular weight is 1010 g/mol. The lowest BCUT2D eigenvalue weighted by Crippen LogP contribution is -2.70. The quantitative estimate of drug-likeness (QED) is 0.0833. The molecule has 3 N–H and O–H groups in total. The van der Waals surface area contributed by atoms with Crippen molar-refractivity contribution in [1.82, 2.24) is 55.3 Å². The molecule has 20 heteroatoms. The molecule has 0 radical (unpaired) electrons. The Kier molecular flexibility index (Phi) is 15.5. The Hall–Kier alpha value is -5.51. The maximum atomic E-state index is 15.0. The number of piperazine rings is 1. The first-order chi connectivity index (χ1) is 35.1. The van der Waals surface area contributed by atoms with Crippen LogP contribution < -0.4 is 16.2 Å². The zero-order valence-corrected chi connectivity index (χ0v) is 42.0. The minimum atomic E-state index is -0.618. The summed E-state index contributed by atoms with van der Waals surface area (Å²) in [4.78, 5) is 64.0. The van der Waals surface area contributed by atoms with Crippen molar-refractivity contribution in [3.63, 3.8) is 0 Å². The van der Waals surface area contributed by atoms with Gasteiger partial charge in [0.05, 0.1) is 86.5 Å². The summed E-state index contributed by atoms with van der Waals surface area (Å²) in [7, 11) is 0. The van der Waals surface area contributed by atoms with Crippen LogP contribution in [0.25, 0.3) is 10.8 Å². The SMILES string of the molecule is Cc1sc(CN2CCCC2c2nnc3n2CCCCC3)nc1C12CC(C(=O)NCCOCCOCCOCCNCC(=O)N3CCN(C(=O)c4cc(Cc5n[nH]c(=O)c6ccccc56)ccc4F)CC3)(C1)C2. The second-order valence-corrected chi connectivity index (χ2v) is 21.4. The summed E-state index contributed by atoms with van der Waals surface area (Å²) in [5, 5.41) is 24.6. The number of rotatable bonds is 22. The first-order valence-corrected chi connectivity index (χ1v) is 26.6. The summed E-state index contributed by atoms with van der Waals surface area (Å²) in [5.74, 6) is 1.28. The number of hydrogen-bond acceptors (Lipinski definition) is 14. The molecule has 6 aliphatic rings. The number of nitrogens with one attached hydrogen (secondary N) is 3. The fourth-order valence-corrected chi connectivity index (χ4v) is 12.7. The third-order valence-corrected chi connectivity index (χ3v) is 16.3. The molecule has 3 amide bonds.